The molecule has 0 spiro atoms. The molecule has 16 heavy (non-hydrogen) atoms. The average Bonchev–Trinajstić information content (AvgIpc) is 2.52. The third kappa shape index (κ3) is 1.38. The van der Waals surface area contributed by atoms with Crippen LogP contribution in [0.25, 0.3) is 0 Å². The predicted octanol–water partition coefficient (Wildman–Crippen LogP) is 3.19. The van der Waals surface area contributed by atoms with E-state index in [-0.39, 0.29) is 17.3 Å². The summed E-state index contributed by atoms with van der Waals surface area (Å²) in [6, 6.07) is 5.06. The van der Waals surface area contributed by atoms with Gasteiger partial charge in [-0.05, 0) is 25.0 Å². The zero-order chi connectivity index (χ0) is 11.3. The van der Waals surface area contributed by atoms with Gasteiger partial charge >= 0.3 is 0 Å². The first-order valence-corrected chi connectivity index (χ1v) is 5.79. The van der Waals surface area contributed by atoms with E-state index in [1.54, 1.807) is 6.07 Å². The van der Waals surface area contributed by atoms with Crippen molar-refractivity contribution in [2.24, 2.45) is 5.41 Å². The van der Waals surface area contributed by atoms with Gasteiger partial charge in [-0.3, -0.25) is 0 Å². The minimum atomic E-state index is -0.241. The molecule has 0 radical (unpaired) electrons. The molecule has 3 heteroatoms. The topological polar surface area (TPSA) is 21.3 Å². The Morgan fingerprint density at radius 2 is 2.25 bits per heavy atom. The van der Waals surface area contributed by atoms with Crippen LogP contribution in [0.3, 0.4) is 0 Å². The molecule has 1 aromatic rings. The maximum absolute atomic E-state index is 13.1. The molecular formula is C13H16FNO. The maximum Gasteiger partial charge on any atom is 0.145 e. The van der Waals surface area contributed by atoms with Crippen LogP contribution < -0.4 is 10.1 Å². The Morgan fingerprint density at radius 3 is 3.06 bits per heavy atom. The second-order valence-corrected chi connectivity index (χ2v) is 5.46. The van der Waals surface area contributed by atoms with Crippen molar-refractivity contribution in [3.05, 3.63) is 24.0 Å². The summed E-state index contributed by atoms with van der Waals surface area (Å²) in [6.07, 6.45) is 2.42. The van der Waals surface area contributed by atoms with Gasteiger partial charge in [0.25, 0.3) is 0 Å². The zero-order valence-corrected chi connectivity index (χ0v) is 9.59. The Morgan fingerprint density at radius 1 is 1.44 bits per heavy atom. The fourth-order valence-corrected chi connectivity index (χ4v) is 2.80. The molecule has 1 saturated carbocycles. The number of anilines is 1. The van der Waals surface area contributed by atoms with E-state index in [9.17, 15) is 4.39 Å². The molecule has 86 valence electrons. The van der Waals surface area contributed by atoms with Crippen LogP contribution in [0.2, 0.25) is 0 Å². The van der Waals surface area contributed by atoms with Crippen LogP contribution in [0.15, 0.2) is 18.2 Å². The molecule has 1 fully saturated rings. The summed E-state index contributed by atoms with van der Waals surface area (Å²) in [6.45, 7) is 4.42. The summed E-state index contributed by atoms with van der Waals surface area (Å²) in [7, 11) is 0. The Labute approximate surface area is 94.8 Å². The van der Waals surface area contributed by atoms with Gasteiger partial charge in [0.1, 0.15) is 17.7 Å². The van der Waals surface area contributed by atoms with Gasteiger partial charge in [-0.2, -0.15) is 0 Å². The molecule has 1 N–H and O–H groups in total. The predicted molar refractivity (Wildman–Crippen MR) is 61.2 cm³/mol. The normalized spacial score (nSPS) is 29.9. The summed E-state index contributed by atoms with van der Waals surface area (Å²) in [5, 5.41) is 3.45. The Balaban J connectivity index is 1.98. The molecule has 2 aliphatic rings. The lowest BCUT2D eigenvalue weighted by Gasteiger charge is -2.36. The Hall–Kier alpha value is -1.25. The molecule has 0 bridgehead atoms. The summed E-state index contributed by atoms with van der Waals surface area (Å²) < 4.78 is 19.1. The van der Waals surface area contributed by atoms with Crippen molar-refractivity contribution in [2.75, 3.05) is 5.32 Å². The fraction of sp³-hybridized carbons (Fsp3) is 0.538. The number of hydrogen-bond donors (Lipinski definition) is 1. The highest BCUT2D eigenvalue weighted by atomic mass is 19.1. The second kappa shape index (κ2) is 3.12. The van der Waals surface area contributed by atoms with Crippen molar-refractivity contribution < 1.29 is 9.13 Å². The first-order chi connectivity index (χ1) is 7.56. The van der Waals surface area contributed by atoms with Gasteiger partial charge in [-0.1, -0.05) is 13.8 Å². The summed E-state index contributed by atoms with van der Waals surface area (Å²) in [5.41, 5.74) is 1.09. The van der Waals surface area contributed by atoms with Crippen LogP contribution in [-0.4, -0.2) is 12.1 Å². The lowest BCUT2D eigenvalue weighted by atomic mass is 9.88. The highest BCUT2D eigenvalue weighted by molar-refractivity contribution is 5.59. The molecule has 3 rings (SSSR count). The zero-order valence-electron chi connectivity index (χ0n) is 9.59. The van der Waals surface area contributed by atoms with E-state index in [0.717, 1.165) is 18.5 Å². The van der Waals surface area contributed by atoms with Crippen LogP contribution in [-0.2, 0) is 0 Å². The van der Waals surface area contributed by atoms with Crippen molar-refractivity contribution in [3.63, 3.8) is 0 Å². The lowest BCUT2D eigenvalue weighted by Crippen LogP contribution is -2.43. The molecule has 0 amide bonds. The van der Waals surface area contributed by atoms with Crippen LogP contribution in [0, 0.1) is 11.2 Å². The third-order valence-corrected chi connectivity index (χ3v) is 3.77. The fourth-order valence-electron chi connectivity index (χ4n) is 2.80. The summed E-state index contributed by atoms with van der Waals surface area (Å²) >= 11 is 0. The highest BCUT2D eigenvalue weighted by Gasteiger charge is 2.46. The number of hydrogen-bond acceptors (Lipinski definition) is 2. The van der Waals surface area contributed by atoms with Gasteiger partial charge in [0.15, 0.2) is 0 Å². The van der Waals surface area contributed by atoms with Gasteiger partial charge in [0, 0.05) is 11.5 Å². The van der Waals surface area contributed by atoms with Crippen molar-refractivity contribution in [2.45, 2.75) is 38.8 Å². The van der Waals surface area contributed by atoms with Crippen molar-refractivity contribution >= 4 is 5.69 Å². The number of rotatable bonds is 0. The molecule has 2 nitrogen and oxygen atoms in total. The van der Waals surface area contributed by atoms with E-state index in [1.807, 2.05) is 0 Å². The van der Waals surface area contributed by atoms with Crippen molar-refractivity contribution in [1.29, 1.82) is 0 Å². The first-order valence-electron chi connectivity index (χ1n) is 5.79. The first kappa shape index (κ1) is 9.94. The van der Waals surface area contributed by atoms with Crippen LogP contribution >= 0.6 is 0 Å². The van der Waals surface area contributed by atoms with Crippen LogP contribution in [0.1, 0.15) is 26.7 Å². The van der Waals surface area contributed by atoms with Gasteiger partial charge in [0.2, 0.25) is 0 Å². The van der Waals surface area contributed by atoms with E-state index in [2.05, 4.69) is 19.2 Å². The van der Waals surface area contributed by atoms with Gasteiger partial charge < -0.3 is 10.1 Å². The molecule has 1 aliphatic carbocycles. The second-order valence-electron chi connectivity index (χ2n) is 5.46. The SMILES string of the molecule is CC1(C)CCC2Nc3ccc(F)cc3OC21. The highest BCUT2D eigenvalue weighted by Crippen LogP contribution is 2.45. The van der Waals surface area contributed by atoms with Crippen molar-refractivity contribution in [3.8, 4) is 5.75 Å². The largest absolute Gasteiger partial charge is 0.485 e. The lowest BCUT2D eigenvalue weighted by molar-refractivity contribution is 0.0897. The van der Waals surface area contributed by atoms with E-state index in [0.29, 0.717) is 11.8 Å². The molecule has 1 heterocycles. The standard InChI is InChI=1S/C13H16FNO/c1-13(2)6-5-10-12(13)16-11-7-8(14)3-4-9(11)15-10/h3-4,7,10,12,15H,5-6H2,1-2H3. The molecule has 1 aromatic carbocycles. The van der Waals surface area contributed by atoms with E-state index in [4.69, 9.17) is 4.74 Å². The van der Waals surface area contributed by atoms with Gasteiger partial charge in [0.05, 0.1) is 11.7 Å². The Kier molecular flexibility index (Phi) is 1.94. The minimum absolute atomic E-state index is 0.154. The van der Waals surface area contributed by atoms with E-state index in [1.165, 1.54) is 12.1 Å². The Bertz CT molecular complexity index is 430. The van der Waals surface area contributed by atoms with Crippen LogP contribution in [0.4, 0.5) is 10.1 Å². The third-order valence-electron chi connectivity index (χ3n) is 3.77. The molecule has 2 unspecified atom stereocenters. The minimum Gasteiger partial charge on any atom is -0.485 e. The summed E-state index contributed by atoms with van der Waals surface area (Å²) in [5.74, 6) is 0.408. The quantitative estimate of drug-likeness (QED) is 0.726. The number of benzene rings is 1. The van der Waals surface area contributed by atoms with E-state index >= 15 is 0 Å². The number of nitrogens with one attached hydrogen (secondary N) is 1. The molecule has 0 aromatic heterocycles. The van der Waals surface area contributed by atoms with Gasteiger partial charge in [-0.25, -0.2) is 4.39 Å². The monoisotopic (exact) mass is 221 g/mol. The number of halogens is 1. The smallest absolute Gasteiger partial charge is 0.145 e. The van der Waals surface area contributed by atoms with Crippen molar-refractivity contribution in [1.82, 2.24) is 0 Å². The van der Waals surface area contributed by atoms with E-state index < -0.39 is 0 Å². The van der Waals surface area contributed by atoms with Crippen LogP contribution in [0.5, 0.6) is 5.75 Å². The molecular weight excluding hydrogens is 205 g/mol. The average molecular weight is 221 g/mol. The molecule has 0 saturated heterocycles. The molecule has 1 aliphatic heterocycles. The number of fused-ring (bicyclic) bond motifs is 2. The maximum atomic E-state index is 13.1. The summed E-state index contributed by atoms with van der Waals surface area (Å²) in [4.78, 5) is 0. The van der Waals surface area contributed by atoms with Gasteiger partial charge in [-0.15, -0.1) is 0 Å². The molecule has 2 atom stereocenters. The number of ether oxygens (including phenoxy) is 1.